The summed E-state index contributed by atoms with van der Waals surface area (Å²) in [5, 5.41) is 0.808. The van der Waals surface area contributed by atoms with Crippen LogP contribution in [-0.2, 0) is 6.42 Å². The quantitative estimate of drug-likeness (QED) is 0.575. The highest BCUT2D eigenvalue weighted by Gasteiger charge is 2.29. The monoisotopic (exact) mass is 392 g/mol. The number of ether oxygens (including phenoxy) is 1. The molecule has 0 aromatic heterocycles. The Kier molecular flexibility index (Phi) is 5.33. The van der Waals surface area contributed by atoms with Gasteiger partial charge in [0.2, 0.25) is 0 Å². The summed E-state index contributed by atoms with van der Waals surface area (Å²) < 4.78 is 7.19. The topological polar surface area (TPSA) is 9.23 Å². The van der Waals surface area contributed by atoms with Crippen molar-refractivity contribution in [2.75, 3.05) is 0 Å². The Balaban J connectivity index is 1.64. The van der Waals surface area contributed by atoms with Crippen molar-refractivity contribution in [3.8, 4) is 5.75 Å². The molecule has 0 aliphatic heterocycles. The molecular weight excluding hydrogens is 372 g/mol. The lowest BCUT2D eigenvalue weighted by atomic mass is 10.0. The van der Waals surface area contributed by atoms with E-state index in [9.17, 15) is 0 Å². The van der Waals surface area contributed by atoms with Crippen LogP contribution in [-0.4, -0.2) is 6.10 Å². The van der Waals surface area contributed by atoms with E-state index in [1.807, 2.05) is 12.1 Å². The maximum Gasteiger partial charge on any atom is 0.119 e. The molecule has 2 aromatic carbocycles. The molecular formula is C20H22BrClO. The number of hydrogen-bond donors (Lipinski definition) is 0. The highest BCUT2D eigenvalue weighted by Crippen LogP contribution is 2.34. The van der Waals surface area contributed by atoms with Crippen molar-refractivity contribution in [3.63, 3.8) is 0 Å². The van der Waals surface area contributed by atoms with Gasteiger partial charge in [-0.3, -0.25) is 0 Å². The Morgan fingerprint density at radius 3 is 2.35 bits per heavy atom. The van der Waals surface area contributed by atoms with E-state index in [1.165, 1.54) is 5.56 Å². The van der Waals surface area contributed by atoms with E-state index >= 15 is 0 Å². The molecule has 0 amide bonds. The Bertz CT molecular complexity index is 658. The first-order valence-electron chi connectivity index (χ1n) is 8.21. The van der Waals surface area contributed by atoms with Crippen LogP contribution in [0.15, 0.2) is 46.9 Å². The molecule has 1 aliphatic rings. The van der Waals surface area contributed by atoms with E-state index in [1.54, 1.807) is 0 Å². The first kappa shape index (κ1) is 16.9. The van der Waals surface area contributed by atoms with Crippen LogP contribution in [0.1, 0.15) is 37.8 Å². The average molecular weight is 394 g/mol. The Labute approximate surface area is 152 Å². The summed E-state index contributed by atoms with van der Waals surface area (Å²) in [5.41, 5.74) is 2.37. The lowest BCUT2D eigenvalue weighted by Crippen LogP contribution is -2.12. The molecule has 122 valence electrons. The third kappa shape index (κ3) is 4.30. The normalized spacial score (nSPS) is 23.9. The molecule has 1 fully saturated rings. The van der Waals surface area contributed by atoms with Gasteiger partial charge in [0.1, 0.15) is 5.75 Å². The zero-order chi connectivity index (χ0) is 16.4. The number of rotatable bonds is 4. The largest absolute Gasteiger partial charge is 0.490 e. The van der Waals surface area contributed by atoms with Crippen LogP contribution in [0.5, 0.6) is 5.75 Å². The maximum absolute atomic E-state index is 6.27. The molecule has 0 radical (unpaired) electrons. The van der Waals surface area contributed by atoms with E-state index in [-0.39, 0.29) is 0 Å². The van der Waals surface area contributed by atoms with Crippen LogP contribution in [0.2, 0.25) is 5.02 Å². The van der Waals surface area contributed by atoms with Gasteiger partial charge < -0.3 is 4.74 Å². The minimum Gasteiger partial charge on any atom is -0.490 e. The summed E-state index contributed by atoms with van der Waals surface area (Å²) in [5.74, 6) is 2.50. The van der Waals surface area contributed by atoms with Gasteiger partial charge in [0, 0.05) is 9.50 Å². The summed E-state index contributed by atoms with van der Waals surface area (Å²) in [4.78, 5) is 0. The fraction of sp³-hybridized carbons (Fsp3) is 0.400. The van der Waals surface area contributed by atoms with Crippen molar-refractivity contribution in [1.29, 1.82) is 0 Å². The molecule has 0 N–H and O–H groups in total. The molecule has 23 heavy (non-hydrogen) atoms. The predicted molar refractivity (Wildman–Crippen MR) is 100 cm³/mol. The molecule has 0 heterocycles. The first-order valence-corrected chi connectivity index (χ1v) is 9.38. The second-order valence-corrected chi connectivity index (χ2v) is 8.05. The third-order valence-corrected chi connectivity index (χ3v) is 5.73. The molecule has 1 nitrogen and oxygen atoms in total. The summed E-state index contributed by atoms with van der Waals surface area (Å²) in [6, 6.07) is 14.4. The van der Waals surface area contributed by atoms with Gasteiger partial charge in [0.05, 0.1) is 6.10 Å². The van der Waals surface area contributed by atoms with Crippen molar-refractivity contribution in [2.45, 2.75) is 39.2 Å². The predicted octanol–water partition coefficient (Wildman–Crippen LogP) is 6.51. The fourth-order valence-corrected chi connectivity index (χ4v) is 3.86. The van der Waals surface area contributed by atoms with Crippen LogP contribution < -0.4 is 4.74 Å². The van der Waals surface area contributed by atoms with Gasteiger partial charge in [-0.15, -0.1) is 0 Å². The molecule has 1 aliphatic carbocycles. The van der Waals surface area contributed by atoms with Crippen LogP contribution in [0.25, 0.3) is 0 Å². The highest BCUT2D eigenvalue weighted by atomic mass is 79.9. The molecule has 3 atom stereocenters. The third-order valence-electron chi connectivity index (χ3n) is 4.87. The zero-order valence-corrected chi connectivity index (χ0v) is 15.9. The second-order valence-electron chi connectivity index (χ2n) is 6.72. The van der Waals surface area contributed by atoms with Gasteiger partial charge >= 0.3 is 0 Å². The van der Waals surface area contributed by atoms with Crippen molar-refractivity contribution >= 4 is 27.5 Å². The summed E-state index contributed by atoms with van der Waals surface area (Å²) in [6.45, 7) is 4.64. The lowest BCUT2D eigenvalue weighted by Gasteiger charge is -2.14. The van der Waals surface area contributed by atoms with Crippen LogP contribution >= 0.6 is 27.5 Å². The minimum atomic E-state index is 0.366. The molecule has 1 saturated carbocycles. The van der Waals surface area contributed by atoms with E-state index in [2.05, 4.69) is 60.1 Å². The van der Waals surface area contributed by atoms with Crippen molar-refractivity contribution in [2.24, 2.45) is 11.8 Å². The van der Waals surface area contributed by atoms with Crippen molar-refractivity contribution in [3.05, 3.63) is 63.1 Å². The van der Waals surface area contributed by atoms with Crippen LogP contribution in [0, 0.1) is 11.8 Å². The maximum atomic E-state index is 6.27. The molecule has 0 spiro atoms. The number of hydrogen-bond acceptors (Lipinski definition) is 1. The van der Waals surface area contributed by atoms with Crippen LogP contribution in [0.3, 0.4) is 0 Å². The van der Waals surface area contributed by atoms with Crippen molar-refractivity contribution in [1.82, 2.24) is 0 Å². The van der Waals surface area contributed by atoms with Crippen molar-refractivity contribution < 1.29 is 4.74 Å². The lowest BCUT2D eigenvalue weighted by molar-refractivity contribution is 0.203. The average Bonchev–Trinajstić information content (AvgIpc) is 2.83. The standard InChI is InChI=1S/C20H22BrClO/c1-13-9-19(10-14(13)2)23-18-6-3-15(4-7-18)11-16-12-17(21)5-8-20(16)22/h3-8,12-14,19H,9-11H2,1-2H3/t13-,14+,19?. The minimum absolute atomic E-state index is 0.366. The van der Waals surface area contributed by atoms with Gasteiger partial charge in [-0.05, 0) is 72.6 Å². The van der Waals surface area contributed by atoms with E-state index in [0.29, 0.717) is 6.10 Å². The Morgan fingerprint density at radius 2 is 1.70 bits per heavy atom. The smallest absolute Gasteiger partial charge is 0.119 e. The summed E-state index contributed by atoms with van der Waals surface area (Å²) in [7, 11) is 0. The molecule has 3 rings (SSSR count). The zero-order valence-electron chi connectivity index (χ0n) is 13.6. The second kappa shape index (κ2) is 7.27. The van der Waals surface area contributed by atoms with Crippen LogP contribution in [0.4, 0.5) is 0 Å². The Morgan fingerprint density at radius 1 is 1.04 bits per heavy atom. The van der Waals surface area contributed by atoms with E-state index in [4.69, 9.17) is 16.3 Å². The summed E-state index contributed by atoms with van der Waals surface area (Å²) in [6.07, 6.45) is 3.52. The molecule has 1 unspecified atom stereocenters. The van der Waals surface area contributed by atoms with E-state index in [0.717, 1.165) is 51.9 Å². The van der Waals surface area contributed by atoms with Gasteiger partial charge in [-0.1, -0.05) is 53.5 Å². The molecule has 0 bridgehead atoms. The van der Waals surface area contributed by atoms with Gasteiger partial charge in [0.25, 0.3) is 0 Å². The van der Waals surface area contributed by atoms with E-state index < -0.39 is 0 Å². The van der Waals surface area contributed by atoms with Gasteiger partial charge in [-0.25, -0.2) is 0 Å². The molecule has 2 aromatic rings. The number of benzene rings is 2. The summed E-state index contributed by atoms with van der Waals surface area (Å²) >= 11 is 9.77. The van der Waals surface area contributed by atoms with Gasteiger partial charge in [0.15, 0.2) is 0 Å². The van der Waals surface area contributed by atoms with Gasteiger partial charge in [-0.2, -0.15) is 0 Å². The molecule has 0 saturated heterocycles. The SMILES string of the molecule is C[C@@H]1CC(Oc2ccc(Cc3cc(Br)ccc3Cl)cc2)C[C@@H]1C. The highest BCUT2D eigenvalue weighted by molar-refractivity contribution is 9.10. The fourth-order valence-electron chi connectivity index (χ4n) is 3.26. The Hall–Kier alpha value is -0.990. The number of halogens is 2. The molecule has 3 heteroatoms. The first-order chi connectivity index (χ1) is 11.0.